The van der Waals surface area contributed by atoms with Crippen molar-refractivity contribution in [3.05, 3.63) is 59.1 Å². The van der Waals surface area contributed by atoms with E-state index in [1.54, 1.807) is 0 Å². The van der Waals surface area contributed by atoms with Gasteiger partial charge in [-0.1, -0.05) is 29.8 Å². The highest BCUT2D eigenvalue weighted by molar-refractivity contribution is 7.80. The summed E-state index contributed by atoms with van der Waals surface area (Å²) < 4.78 is 0. The lowest BCUT2D eigenvalue weighted by Crippen LogP contribution is -2.38. The molecule has 0 saturated carbocycles. The molecule has 0 spiro atoms. The molecule has 2 nitrogen and oxygen atoms in total. The molecule has 0 fully saturated rings. The number of anilines is 2. The first kappa shape index (κ1) is 13.4. The van der Waals surface area contributed by atoms with Crippen molar-refractivity contribution in [1.29, 1.82) is 0 Å². The molecule has 2 aromatic carbocycles. The second-order valence-corrected chi connectivity index (χ2v) is 5.81. The van der Waals surface area contributed by atoms with Gasteiger partial charge in [-0.3, -0.25) is 0 Å². The Kier molecular flexibility index (Phi) is 3.64. The van der Waals surface area contributed by atoms with Crippen molar-refractivity contribution in [2.24, 2.45) is 0 Å². The number of benzene rings is 2. The van der Waals surface area contributed by atoms with Gasteiger partial charge in [0.1, 0.15) is 0 Å². The van der Waals surface area contributed by atoms with Crippen LogP contribution in [0, 0.1) is 0 Å². The number of thiocarbonyl (C=S) groups is 1. The van der Waals surface area contributed by atoms with Gasteiger partial charge in [0.2, 0.25) is 0 Å². The molecule has 2 aromatic rings. The number of nitrogens with zero attached hydrogens (tertiary/aromatic N) is 1. The highest BCUT2D eigenvalue weighted by atomic mass is 35.5. The Hall–Kier alpha value is -1.58. The van der Waals surface area contributed by atoms with Crippen LogP contribution in [0.5, 0.6) is 0 Å². The average Bonchev–Trinajstić information content (AvgIpc) is 2.77. The zero-order valence-corrected chi connectivity index (χ0v) is 12.7. The summed E-state index contributed by atoms with van der Waals surface area (Å²) >= 11 is 11.5. The molecule has 0 bridgehead atoms. The molecule has 1 aliphatic rings. The first-order valence-corrected chi connectivity index (χ1v) is 7.37. The number of hydrogen-bond acceptors (Lipinski definition) is 1. The molecule has 0 aliphatic carbocycles. The van der Waals surface area contributed by atoms with Crippen molar-refractivity contribution < 1.29 is 0 Å². The molecule has 1 heterocycles. The summed E-state index contributed by atoms with van der Waals surface area (Å²) in [6.45, 7) is 2.19. The third-order valence-electron chi connectivity index (χ3n) is 3.52. The monoisotopic (exact) mass is 302 g/mol. The molecule has 4 heteroatoms. The average molecular weight is 303 g/mol. The Morgan fingerprint density at radius 2 is 1.90 bits per heavy atom. The van der Waals surface area contributed by atoms with Crippen LogP contribution >= 0.6 is 23.8 Å². The fraction of sp³-hybridized carbons (Fsp3) is 0.188. The van der Waals surface area contributed by atoms with Gasteiger partial charge in [-0.2, -0.15) is 0 Å². The van der Waals surface area contributed by atoms with Crippen LogP contribution in [0.15, 0.2) is 48.5 Å². The molecule has 0 aromatic heterocycles. The number of hydrogen-bond donors (Lipinski definition) is 1. The van der Waals surface area contributed by atoms with Crippen LogP contribution in [0.4, 0.5) is 11.4 Å². The van der Waals surface area contributed by atoms with Crippen molar-refractivity contribution in [2.75, 3.05) is 10.2 Å². The third-order valence-corrected chi connectivity index (χ3v) is 4.07. The van der Waals surface area contributed by atoms with Crippen LogP contribution in [0.1, 0.15) is 12.5 Å². The SMILES string of the molecule is CC1Cc2ccccc2N1C(=S)Nc1ccc(Cl)cc1. The second kappa shape index (κ2) is 5.43. The van der Waals surface area contributed by atoms with Crippen LogP contribution < -0.4 is 10.2 Å². The van der Waals surface area contributed by atoms with E-state index < -0.39 is 0 Å². The van der Waals surface area contributed by atoms with Gasteiger partial charge in [0.25, 0.3) is 0 Å². The van der Waals surface area contributed by atoms with Gasteiger partial charge in [-0.25, -0.2) is 0 Å². The van der Waals surface area contributed by atoms with Crippen molar-refractivity contribution in [3.63, 3.8) is 0 Å². The van der Waals surface area contributed by atoms with Crippen molar-refractivity contribution in [2.45, 2.75) is 19.4 Å². The van der Waals surface area contributed by atoms with Crippen LogP contribution in [0.2, 0.25) is 5.02 Å². The van der Waals surface area contributed by atoms with Crippen LogP contribution in [0.3, 0.4) is 0 Å². The normalized spacial score (nSPS) is 16.9. The molecule has 3 rings (SSSR count). The smallest absolute Gasteiger partial charge is 0.178 e. The molecule has 1 unspecified atom stereocenters. The summed E-state index contributed by atoms with van der Waals surface area (Å²) in [7, 11) is 0. The van der Waals surface area contributed by atoms with E-state index in [0.717, 1.165) is 22.2 Å². The highest BCUT2D eigenvalue weighted by Gasteiger charge is 2.28. The Labute approximate surface area is 129 Å². The van der Waals surface area contributed by atoms with Crippen LogP contribution in [0.25, 0.3) is 0 Å². The predicted molar refractivity (Wildman–Crippen MR) is 89.8 cm³/mol. The van der Waals surface area contributed by atoms with E-state index in [-0.39, 0.29) is 0 Å². The number of fused-ring (bicyclic) bond motifs is 1. The lowest BCUT2D eigenvalue weighted by atomic mass is 10.1. The standard InChI is InChI=1S/C16H15ClN2S/c1-11-10-12-4-2-3-5-15(12)19(11)16(20)18-14-8-6-13(17)7-9-14/h2-9,11H,10H2,1H3,(H,18,20). The first-order chi connectivity index (χ1) is 9.65. The lowest BCUT2D eigenvalue weighted by molar-refractivity contribution is 0.776. The fourth-order valence-electron chi connectivity index (χ4n) is 2.59. The van der Waals surface area contributed by atoms with E-state index >= 15 is 0 Å². The largest absolute Gasteiger partial charge is 0.332 e. The van der Waals surface area contributed by atoms with Crippen LogP contribution in [-0.2, 0) is 6.42 Å². The predicted octanol–water partition coefficient (Wildman–Crippen LogP) is 4.49. The third kappa shape index (κ3) is 2.51. The summed E-state index contributed by atoms with van der Waals surface area (Å²) in [4.78, 5) is 2.18. The summed E-state index contributed by atoms with van der Waals surface area (Å²) in [6.07, 6.45) is 1.03. The molecular weight excluding hydrogens is 288 g/mol. The number of nitrogens with one attached hydrogen (secondary N) is 1. The summed E-state index contributed by atoms with van der Waals surface area (Å²) in [5, 5.41) is 4.73. The molecule has 1 N–H and O–H groups in total. The minimum absolute atomic E-state index is 0.375. The number of para-hydroxylation sites is 1. The maximum atomic E-state index is 5.89. The van der Waals surface area contributed by atoms with E-state index in [4.69, 9.17) is 23.8 Å². The number of rotatable bonds is 1. The molecule has 20 heavy (non-hydrogen) atoms. The Balaban J connectivity index is 1.82. The Bertz CT molecular complexity index is 639. The quantitative estimate of drug-likeness (QED) is 0.782. The van der Waals surface area contributed by atoms with Gasteiger partial charge in [0.05, 0.1) is 0 Å². The van der Waals surface area contributed by atoms with Gasteiger partial charge in [0, 0.05) is 22.4 Å². The molecule has 1 aliphatic heterocycles. The van der Waals surface area contributed by atoms with Crippen molar-refractivity contribution >= 4 is 40.3 Å². The molecule has 0 amide bonds. The summed E-state index contributed by atoms with van der Waals surface area (Å²) in [6, 6.07) is 16.4. The van der Waals surface area contributed by atoms with Crippen molar-refractivity contribution in [3.8, 4) is 0 Å². The minimum Gasteiger partial charge on any atom is -0.332 e. The van der Waals surface area contributed by atoms with E-state index in [9.17, 15) is 0 Å². The molecule has 0 saturated heterocycles. The van der Waals surface area contributed by atoms with E-state index in [2.05, 4.69) is 41.4 Å². The fourth-order valence-corrected chi connectivity index (χ4v) is 3.11. The minimum atomic E-state index is 0.375. The zero-order chi connectivity index (χ0) is 14.1. The molecule has 1 atom stereocenters. The Morgan fingerprint density at radius 3 is 2.65 bits per heavy atom. The molecular formula is C16H15ClN2S. The van der Waals surface area contributed by atoms with Gasteiger partial charge in [0.15, 0.2) is 5.11 Å². The second-order valence-electron chi connectivity index (χ2n) is 4.99. The molecule has 0 radical (unpaired) electrons. The zero-order valence-electron chi connectivity index (χ0n) is 11.1. The Morgan fingerprint density at radius 1 is 1.20 bits per heavy atom. The summed E-state index contributed by atoms with van der Waals surface area (Å²) in [5.41, 5.74) is 3.50. The van der Waals surface area contributed by atoms with Crippen molar-refractivity contribution in [1.82, 2.24) is 0 Å². The highest BCUT2D eigenvalue weighted by Crippen LogP contribution is 2.32. The summed E-state index contributed by atoms with van der Waals surface area (Å²) in [5.74, 6) is 0. The molecule has 102 valence electrons. The number of halogens is 1. The van der Waals surface area contributed by atoms with E-state index in [1.165, 1.54) is 11.3 Å². The van der Waals surface area contributed by atoms with E-state index in [0.29, 0.717) is 6.04 Å². The van der Waals surface area contributed by atoms with Gasteiger partial charge in [-0.05, 0) is 61.5 Å². The van der Waals surface area contributed by atoms with E-state index in [1.807, 2.05) is 24.3 Å². The van der Waals surface area contributed by atoms with Crippen LogP contribution in [-0.4, -0.2) is 11.2 Å². The van der Waals surface area contributed by atoms with Gasteiger partial charge < -0.3 is 10.2 Å². The maximum Gasteiger partial charge on any atom is 0.178 e. The maximum absolute atomic E-state index is 5.89. The van der Waals surface area contributed by atoms with Gasteiger partial charge >= 0.3 is 0 Å². The van der Waals surface area contributed by atoms with Gasteiger partial charge in [-0.15, -0.1) is 0 Å². The first-order valence-electron chi connectivity index (χ1n) is 6.59. The topological polar surface area (TPSA) is 15.3 Å². The lowest BCUT2D eigenvalue weighted by Gasteiger charge is -2.26.